The number of rotatable bonds is 4. The van der Waals surface area contributed by atoms with Crippen molar-refractivity contribution in [2.24, 2.45) is 0 Å². The Morgan fingerprint density at radius 1 is 1.50 bits per heavy atom. The van der Waals surface area contributed by atoms with Crippen molar-refractivity contribution in [3.05, 3.63) is 22.3 Å². The van der Waals surface area contributed by atoms with E-state index >= 15 is 0 Å². The van der Waals surface area contributed by atoms with Gasteiger partial charge in [0.2, 0.25) is 0 Å². The number of amides is 1. The van der Waals surface area contributed by atoms with Crippen molar-refractivity contribution >= 4 is 27.7 Å². The summed E-state index contributed by atoms with van der Waals surface area (Å²) in [5, 5.41) is 6.23. The Kier molecular flexibility index (Phi) is 4.99. The smallest absolute Gasteiger partial charge is 0.255 e. The minimum Gasteiger partial charge on any atom is -0.381 e. The first-order valence-corrected chi connectivity index (χ1v) is 7.63. The number of hydrogen-bond donors (Lipinski definition) is 2. The van der Waals surface area contributed by atoms with Crippen molar-refractivity contribution in [1.82, 2.24) is 10.3 Å². The van der Waals surface area contributed by atoms with Crippen LogP contribution in [0.2, 0.25) is 0 Å². The molecule has 0 spiro atoms. The number of carbonyl (C=O) groups excluding carboxylic acids is 1. The summed E-state index contributed by atoms with van der Waals surface area (Å²) in [5.74, 6) is 0.517. The molecule has 1 amide bonds. The van der Waals surface area contributed by atoms with Gasteiger partial charge in [-0.05, 0) is 48.7 Å². The van der Waals surface area contributed by atoms with Crippen LogP contribution >= 0.6 is 15.9 Å². The highest BCUT2D eigenvalue weighted by atomic mass is 79.9. The Morgan fingerprint density at radius 2 is 2.20 bits per heavy atom. The van der Waals surface area contributed by atoms with Crippen molar-refractivity contribution in [1.29, 1.82) is 0 Å². The van der Waals surface area contributed by atoms with Crippen molar-refractivity contribution in [2.75, 3.05) is 25.1 Å². The number of nitrogens with zero attached hydrogens (tertiary/aromatic N) is 1. The summed E-state index contributed by atoms with van der Waals surface area (Å²) in [6.07, 6.45) is 3.35. The normalized spacial score (nSPS) is 17.6. The molecule has 2 rings (SSSR count). The summed E-state index contributed by atoms with van der Waals surface area (Å²) >= 11 is 3.36. The molecular formula is C14H20BrN3O2. The third kappa shape index (κ3) is 3.70. The number of nitrogens with one attached hydrogen (secondary N) is 2. The third-order valence-electron chi connectivity index (χ3n) is 3.45. The summed E-state index contributed by atoms with van der Waals surface area (Å²) < 4.78 is 6.14. The minimum atomic E-state index is -0.207. The van der Waals surface area contributed by atoms with Crippen molar-refractivity contribution in [3.8, 4) is 0 Å². The molecule has 2 N–H and O–H groups in total. The molecule has 0 bridgehead atoms. The minimum absolute atomic E-state index is 0.0980. The van der Waals surface area contributed by atoms with Gasteiger partial charge in [0.25, 0.3) is 5.91 Å². The Balaban J connectivity index is 2.17. The molecule has 1 aromatic rings. The number of carbonyl (C=O) groups is 1. The maximum absolute atomic E-state index is 12.5. The molecule has 20 heavy (non-hydrogen) atoms. The molecule has 6 heteroatoms. The number of anilines is 1. The molecule has 0 aromatic carbocycles. The van der Waals surface area contributed by atoms with E-state index < -0.39 is 0 Å². The Bertz CT molecular complexity index is 487. The van der Waals surface area contributed by atoms with Crippen LogP contribution in [0.3, 0.4) is 0 Å². The van der Waals surface area contributed by atoms with Gasteiger partial charge in [-0.25, -0.2) is 4.98 Å². The van der Waals surface area contributed by atoms with Gasteiger partial charge in [-0.1, -0.05) is 0 Å². The van der Waals surface area contributed by atoms with Gasteiger partial charge in [-0.3, -0.25) is 4.79 Å². The average molecular weight is 342 g/mol. The van der Waals surface area contributed by atoms with E-state index in [9.17, 15) is 4.79 Å². The maximum atomic E-state index is 12.5. The molecule has 1 saturated heterocycles. The third-order valence-corrected chi connectivity index (χ3v) is 3.89. The van der Waals surface area contributed by atoms with Crippen molar-refractivity contribution in [3.63, 3.8) is 0 Å². The number of ether oxygens (including phenoxy) is 1. The first kappa shape index (κ1) is 15.3. The van der Waals surface area contributed by atoms with E-state index in [4.69, 9.17) is 4.74 Å². The van der Waals surface area contributed by atoms with Gasteiger partial charge in [0.1, 0.15) is 5.82 Å². The molecule has 0 unspecified atom stereocenters. The van der Waals surface area contributed by atoms with Crippen LogP contribution in [-0.4, -0.2) is 36.2 Å². The van der Waals surface area contributed by atoms with Gasteiger partial charge in [0.15, 0.2) is 0 Å². The lowest BCUT2D eigenvalue weighted by Crippen LogP contribution is -2.49. The standard InChI is InChI=1S/C14H20BrN3O2/c1-3-16-12-11(8-10(15)9-17-12)13(19)18-14(2)4-6-20-7-5-14/h8-9H,3-7H2,1-2H3,(H,16,17)(H,18,19). The summed E-state index contributed by atoms with van der Waals surface area (Å²) in [6, 6.07) is 1.79. The monoisotopic (exact) mass is 341 g/mol. The van der Waals surface area contributed by atoms with E-state index in [1.807, 2.05) is 6.92 Å². The van der Waals surface area contributed by atoms with Crippen LogP contribution in [0, 0.1) is 0 Å². The molecule has 1 aliphatic rings. The van der Waals surface area contributed by atoms with Crippen LogP contribution < -0.4 is 10.6 Å². The number of hydrogen-bond acceptors (Lipinski definition) is 4. The molecular weight excluding hydrogens is 322 g/mol. The lowest BCUT2D eigenvalue weighted by molar-refractivity contribution is 0.0423. The van der Waals surface area contributed by atoms with Crippen LogP contribution in [0.4, 0.5) is 5.82 Å². The van der Waals surface area contributed by atoms with Crippen LogP contribution in [-0.2, 0) is 4.74 Å². The Hall–Kier alpha value is -1.14. The molecule has 2 heterocycles. The number of pyridine rings is 1. The topological polar surface area (TPSA) is 63.2 Å². The quantitative estimate of drug-likeness (QED) is 0.883. The average Bonchev–Trinajstić information content (AvgIpc) is 2.41. The first-order valence-electron chi connectivity index (χ1n) is 6.84. The van der Waals surface area contributed by atoms with Gasteiger partial charge >= 0.3 is 0 Å². The highest BCUT2D eigenvalue weighted by molar-refractivity contribution is 9.10. The molecule has 1 aromatic heterocycles. The van der Waals surface area contributed by atoms with Crippen molar-refractivity contribution < 1.29 is 9.53 Å². The molecule has 0 aliphatic carbocycles. The Labute approximate surface area is 127 Å². The van der Waals surface area contributed by atoms with Gasteiger partial charge in [0, 0.05) is 36.0 Å². The summed E-state index contributed by atoms with van der Waals surface area (Å²) in [6.45, 7) is 6.14. The summed E-state index contributed by atoms with van der Waals surface area (Å²) in [7, 11) is 0. The van der Waals surface area contributed by atoms with Gasteiger partial charge in [0.05, 0.1) is 5.56 Å². The zero-order valence-corrected chi connectivity index (χ0v) is 13.4. The first-order chi connectivity index (χ1) is 9.54. The predicted molar refractivity (Wildman–Crippen MR) is 82.0 cm³/mol. The maximum Gasteiger partial charge on any atom is 0.255 e. The molecule has 1 aliphatic heterocycles. The van der Waals surface area contributed by atoms with E-state index in [0.29, 0.717) is 24.6 Å². The zero-order chi connectivity index (χ0) is 14.6. The fourth-order valence-corrected chi connectivity index (χ4v) is 2.54. The van der Waals surface area contributed by atoms with Crippen LogP contribution in [0.25, 0.3) is 0 Å². The van der Waals surface area contributed by atoms with Crippen LogP contribution in [0.5, 0.6) is 0 Å². The van der Waals surface area contributed by atoms with Gasteiger partial charge in [-0.2, -0.15) is 0 Å². The highest BCUT2D eigenvalue weighted by Crippen LogP contribution is 2.23. The molecule has 110 valence electrons. The summed E-state index contributed by atoms with van der Waals surface area (Å²) in [4.78, 5) is 16.8. The lowest BCUT2D eigenvalue weighted by atomic mass is 9.92. The zero-order valence-electron chi connectivity index (χ0n) is 11.8. The second kappa shape index (κ2) is 6.54. The molecule has 0 saturated carbocycles. The highest BCUT2D eigenvalue weighted by Gasteiger charge is 2.30. The van der Waals surface area contributed by atoms with Crippen molar-refractivity contribution in [2.45, 2.75) is 32.2 Å². The van der Waals surface area contributed by atoms with E-state index in [1.165, 1.54) is 0 Å². The summed E-state index contributed by atoms with van der Waals surface area (Å²) in [5.41, 5.74) is 0.357. The second-order valence-corrected chi connectivity index (χ2v) is 6.12. The fraction of sp³-hybridized carbons (Fsp3) is 0.571. The van der Waals surface area contributed by atoms with E-state index in [1.54, 1.807) is 12.3 Å². The number of aromatic nitrogens is 1. The van der Waals surface area contributed by atoms with Crippen LogP contribution in [0.1, 0.15) is 37.0 Å². The van der Waals surface area contributed by atoms with E-state index in [-0.39, 0.29) is 11.4 Å². The predicted octanol–water partition coefficient (Wildman–Crippen LogP) is 2.57. The fourth-order valence-electron chi connectivity index (χ4n) is 2.21. The second-order valence-electron chi connectivity index (χ2n) is 5.21. The Morgan fingerprint density at radius 3 is 2.85 bits per heavy atom. The largest absolute Gasteiger partial charge is 0.381 e. The van der Waals surface area contributed by atoms with Gasteiger partial charge < -0.3 is 15.4 Å². The molecule has 0 atom stereocenters. The SMILES string of the molecule is CCNc1ncc(Br)cc1C(=O)NC1(C)CCOCC1. The molecule has 5 nitrogen and oxygen atoms in total. The number of halogens is 1. The van der Waals surface area contributed by atoms with Gasteiger partial charge in [-0.15, -0.1) is 0 Å². The molecule has 0 radical (unpaired) electrons. The lowest BCUT2D eigenvalue weighted by Gasteiger charge is -2.34. The van der Waals surface area contributed by atoms with E-state index in [0.717, 1.165) is 23.9 Å². The van der Waals surface area contributed by atoms with Crippen LogP contribution in [0.15, 0.2) is 16.7 Å². The van der Waals surface area contributed by atoms with E-state index in [2.05, 4.69) is 38.5 Å². The molecule has 1 fully saturated rings.